The Labute approximate surface area is 93.2 Å². The maximum Gasteiger partial charge on any atom is 0.466 e. The molecule has 0 amide bonds. The van der Waals surface area contributed by atoms with Gasteiger partial charge in [-0.1, -0.05) is 0 Å². The van der Waals surface area contributed by atoms with Crippen molar-refractivity contribution in [2.24, 2.45) is 10.3 Å². The third-order valence-electron chi connectivity index (χ3n) is 0.738. The molecule has 1 heterocycles. The molecule has 0 aliphatic rings. The number of phosphoric acid groups is 1. The van der Waals surface area contributed by atoms with Crippen LogP contribution in [-0.4, -0.2) is 29.6 Å². The molecule has 0 unspecified atom stereocenters. The molecule has 0 atom stereocenters. The van der Waals surface area contributed by atoms with E-state index < -0.39 is 7.82 Å². The van der Waals surface area contributed by atoms with Crippen LogP contribution in [0.15, 0.2) is 16.6 Å². The smallest absolute Gasteiger partial charge is 0.303 e. The highest BCUT2D eigenvalue weighted by Crippen LogP contribution is 2.25. The molecule has 7 N–H and O–H groups in total. The van der Waals surface area contributed by atoms with Gasteiger partial charge in [-0.3, -0.25) is 10.3 Å². The fraction of sp³-hybridized carbons (Fsp3) is 0. The van der Waals surface area contributed by atoms with Gasteiger partial charge < -0.3 is 14.7 Å². The Bertz CT molecular complexity index is 319. The summed E-state index contributed by atoms with van der Waals surface area (Å²) in [6.07, 6.45) is 1.37. The minimum Gasteiger partial charge on any atom is -0.303 e. The first-order valence-electron chi connectivity index (χ1n) is 3.07. The number of nitrogens with two attached hydrogens (primary N) is 2. The summed E-state index contributed by atoms with van der Waals surface area (Å²) >= 11 is 1.93. The summed E-state index contributed by atoms with van der Waals surface area (Å²) < 4.78 is 8.88. The van der Waals surface area contributed by atoms with Gasteiger partial charge in [-0.05, 0) is 23.9 Å². The van der Waals surface area contributed by atoms with E-state index in [2.05, 4.69) is 15.0 Å². The lowest BCUT2D eigenvalue weighted by atomic mass is 11.1. The fourth-order valence-corrected chi connectivity index (χ4v) is 0.933. The Morgan fingerprint density at radius 1 is 1.13 bits per heavy atom. The summed E-state index contributed by atoms with van der Waals surface area (Å²) in [5.74, 6) is 0. The molecule has 0 aromatic carbocycles. The standard InChI is InChI=1S/C3H5N5S2.H3O4P/c4-9-2-6-1-7-3(8-2)10-5;1-5(2,3)4/h1H,4-5H2;(H3,1,2,3,4). The first-order valence-corrected chi connectivity index (χ1v) is 6.40. The van der Waals surface area contributed by atoms with Gasteiger partial charge in [0.05, 0.1) is 0 Å². The van der Waals surface area contributed by atoms with Gasteiger partial charge in [0, 0.05) is 0 Å². The van der Waals surface area contributed by atoms with Gasteiger partial charge in [0.1, 0.15) is 6.33 Å². The van der Waals surface area contributed by atoms with Gasteiger partial charge in [-0.2, -0.15) is 4.98 Å². The van der Waals surface area contributed by atoms with Gasteiger partial charge in [0.2, 0.25) is 10.3 Å². The van der Waals surface area contributed by atoms with E-state index in [1.165, 1.54) is 6.33 Å². The van der Waals surface area contributed by atoms with Crippen LogP contribution in [0.5, 0.6) is 0 Å². The van der Waals surface area contributed by atoms with Crippen molar-refractivity contribution in [3.05, 3.63) is 6.33 Å². The summed E-state index contributed by atoms with van der Waals surface area (Å²) in [5, 5.41) is 11.3. The van der Waals surface area contributed by atoms with Crippen LogP contribution in [0.3, 0.4) is 0 Å². The number of hydrogen-bond acceptors (Lipinski definition) is 8. The first-order chi connectivity index (χ1) is 6.86. The number of hydrogen-bond donors (Lipinski definition) is 5. The van der Waals surface area contributed by atoms with Crippen LogP contribution < -0.4 is 10.3 Å². The third kappa shape index (κ3) is 10.0. The minimum absolute atomic E-state index is 0.475. The van der Waals surface area contributed by atoms with Gasteiger partial charge in [-0.15, -0.1) is 0 Å². The maximum absolute atomic E-state index is 8.88. The molecule has 1 rings (SSSR count). The maximum atomic E-state index is 8.88. The van der Waals surface area contributed by atoms with Crippen molar-refractivity contribution in [1.29, 1.82) is 0 Å². The van der Waals surface area contributed by atoms with Crippen LogP contribution >= 0.6 is 31.7 Å². The summed E-state index contributed by atoms with van der Waals surface area (Å²) in [5.41, 5.74) is 0. The summed E-state index contributed by atoms with van der Waals surface area (Å²) in [6, 6.07) is 0. The summed E-state index contributed by atoms with van der Waals surface area (Å²) in [7, 11) is -4.64. The average Bonchev–Trinajstić information content (AvgIpc) is 2.15. The molecule has 0 aliphatic heterocycles. The Morgan fingerprint density at radius 2 is 1.47 bits per heavy atom. The predicted octanol–water partition coefficient (Wildman–Crippen LogP) is -1.13. The quantitative estimate of drug-likeness (QED) is 0.326. The molecule has 86 valence electrons. The number of nitrogens with zero attached hydrogens (tertiary/aromatic N) is 3. The summed E-state index contributed by atoms with van der Waals surface area (Å²) in [4.78, 5) is 32.9. The van der Waals surface area contributed by atoms with Crippen molar-refractivity contribution in [2.45, 2.75) is 10.3 Å². The molecule has 0 aliphatic carbocycles. The van der Waals surface area contributed by atoms with E-state index in [0.717, 1.165) is 23.9 Å². The Balaban J connectivity index is 0.000000336. The predicted molar refractivity (Wildman–Crippen MR) is 54.2 cm³/mol. The van der Waals surface area contributed by atoms with Crippen LogP contribution in [0, 0.1) is 0 Å². The molecule has 0 spiro atoms. The van der Waals surface area contributed by atoms with Crippen molar-refractivity contribution < 1.29 is 19.2 Å². The van der Waals surface area contributed by atoms with Gasteiger partial charge in [0.15, 0.2) is 0 Å². The molecular formula is C3H8N5O4PS2. The normalized spacial score (nSPS) is 10.5. The van der Waals surface area contributed by atoms with Crippen LogP contribution in [0.25, 0.3) is 0 Å². The Kier molecular flexibility index (Phi) is 6.96. The van der Waals surface area contributed by atoms with E-state index in [-0.39, 0.29) is 0 Å². The summed E-state index contributed by atoms with van der Waals surface area (Å²) in [6.45, 7) is 0. The van der Waals surface area contributed by atoms with Gasteiger partial charge in [-0.25, -0.2) is 14.5 Å². The molecule has 15 heavy (non-hydrogen) atoms. The van der Waals surface area contributed by atoms with E-state index in [0.29, 0.717) is 10.3 Å². The second kappa shape index (κ2) is 7.09. The monoisotopic (exact) mass is 273 g/mol. The highest BCUT2D eigenvalue weighted by atomic mass is 32.2. The number of aromatic nitrogens is 3. The second-order valence-electron chi connectivity index (χ2n) is 1.80. The van der Waals surface area contributed by atoms with Crippen molar-refractivity contribution >= 4 is 31.7 Å². The lowest BCUT2D eigenvalue weighted by molar-refractivity contribution is 0.275. The molecule has 0 saturated heterocycles. The van der Waals surface area contributed by atoms with Crippen molar-refractivity contribution in [3.8, 4) is 0 Å². The van der Waals surface area contributed by atoms with E-state index in [9.17, 15) is 0 Å². The van der Waals surface area contributed by atoms with E-state index in [4.69, 9.17) is 29.5 Å². The first kappa shape index (κ1) is 14.7. The lowest BCUT2D eigenvalue weighted by Crippen LogP contribution is -1.95. The van der Waals surface area contributed by atoms with Crippen LogP contribution in [0.4, 0.5) is 0 Å². The Hall–Kier alpha value is -0.260. The van der Waals surface area contributed by atoms with E-state index in [1.54, 1.807) is 0 Å². The Morgan fingerprint density at radius 3 is 1.73 bits per heavy atom. The number of rotatable bonds is 2. The molecular weight excluding hydrogens is 265 g/mol. The van der Waals surface area contributed by atoms with E-state index in [1.807, 2.05) is 0 Å². The topological polar surface area (TPSA) is 168 Å². The molecule has 0 fully saturated rings. The van der Waals surface area contributed by atoms with Crippen LogP contribution in [0.2, 0.25) is 0 Å². The molecule has 1 aromatic rings. The molecule has 0 bridgehead atoms. The molecule has 9 nitrogen and oxygen atoms in total. The highest BCUT2D eigenvalue weighted by molar-refractivity contribution is 7.97. The molecule has 0 radical (unpaired) electrons. The minimum atomic E-state index is -4.64. The van der Waals surface area contributed by atoms with Gasteiger partial charge in [0.25, 0.3) is 0 Å². The molecule has 1 aromatic heterocycles. The van der Waals surface area contributed by atoms with Gasteiger partial charge >= 0.3 is 7.82 Å². The van der Waals surface area contributed by atoms with Crippen molar-refractivity contribution in [2.75, 3.05) is 0 Å². The second-order valence-corrected chi connectivity index (χ2v) is 4.03. The van der Waals surface area contributed by atoms with Crippen molar-refractivity contribution in [3.63, 3.8) is 0 Å². The zero-order chi connectivity index (χ0) is 11.9. The van der Waals surface area contributed by atoms with Crippen LogP contribution in [0.1, 0.15) is 0 Å². The van der Waals surface area contributed by atoms with E-state index >= 15 is 0 Å². The molecule has 12 heteroatoms. The lowest BCUT2D eigenvalue weighted by Gasteiger charge is -1.93. The third-order valence-corrected chi connectivity index (χ3v) is 1.55. The zero-order valence-corrected chi connectivity index (χ0v) is 9.61. The molecule has 0 saturated carbocycles. The zero-order valence-electron chi connectivity index (χ0n) is 7.09. The SMILES string of the molecule is NSc1ncnc(SN)n1.O=P(O)(O)O. The fourth-order valence-electron chi connectivity index (χ4n) is 0.381. The average molecular weight is 273 g/mol. The largest absolute Gasteiger partial charge is 0.466 e. The van der Waals surface area contributed by atoms with Crippen LogP contribution in [-0.2, 0) is 4.57 Å². The van der Waals surface area contributed by atoms with Crippen molar-refractivity contribution in [1.82, 2.24) is 15.0 Å². The highest BCUT2D eigenvalue weighted by Gasteiger charge is 2.00.